The van der Waals surface area contributed by atoms with Gasteiger partial charge in [-0.2, -0.15) is 5.10 Å². The number of nitrogens with one attached hydrogen (secondary N) is 1. The molecule has 0 aliphatic heterocycles. The van der Waals surface area contributed by atoms with Crippen molar-refractivity contribution in [3.8, 4) is 0 Å². The first kappa shape index (κ1) is 14.3. The van der Waals surface area contributed by atoms with E-state index in [1.807, 2.05) is 36.1 Å². The molecule has 0 saturated heterocycles. The normalized spacial score (nSPS) is 25.0. The van der Waals surface area contributed by atoms with Gasteiger partial charge in [-0.25, -0.2) is 0 Å². The summed E-state index contributed by atoms with van der Waals surface area (Å²) in [6.07, 6.45) is 4.16. The molecule has 0 aromatic carbocycles. The molecular weight excluding hydrogens is 270 g/mol. The number of ether oxygens (including phenoxy) is 1. The van der Waals surface area contributed by atoms with Crippen molar-refractivity contribution in [3.63, 3.8) is 0 Å². The van der Waals surface area contributed by atoms with Gasteiger partial charge in [0.25, 0.3) is 0 Å². The number of aryl methyl sites for hydroxylation is 1. The Kier molecular flexibility index (Phi) is 4.10. The highest BCUT2D eigenvalue weighted by Gasteiger charge is 2.41. The van der Waals surface area contributed by atoms with E-state index in [4.69, 9.17) is 9.15 Å². The molecule has 0 bridgehead atoms. The fourth-order valence-electron chi connectivity index (χ4n) is 2.74. The Morgan fingerprint density at radius 2 is 2.29 bits per heavy atom. The van der Waals surface area contributed by atoms with Crippen LogP contribution in [-0.4, -0.2) is 34.1 Å². The van der Waals surface area contributed by atoms with Crippen molar-refractivity contribution >= 4 is 0 Å². The molecule has 1 aliphatic rings. The highest BCUT2D eigenvalue weighted by molar-refractivity contribution is 5.09. The molecular formula is C15H21N3O3. The van der Waals surface area contributed by atoms with Crippen LogP contribution in [0, 0.1) is 6.92 Å². The zero-order valence-corrected chi connectivity index (χ0v) is 12.3. The summed E-state index contributed by atoms with van der Waals surface area (Å²) in [7, 11) is 1.65. The van der Waals surface area contributed by atoms with Crippen molar-refractivity contribution in [1.29, 1.82) is 0 Å². The van der Waals surface area contributed by atoms with Crippen molar-refractivity contribution in [1.82, 2.24) is 15.1 Å². The van der Waals surface area contributed by atoms with Crippen LogP contribution < -0.4 is 5.32 Å². The second kappa shape index (κ2) is 6.01. The molecule has 0 unspecified atom stereocenters. The van der Waals surface area contributed by atoms with E-state index in [0.717, 1.165) is 23.5 Å². The van der Waals surface area contributed by atoms with Gasteiger partial charge < -0.3 is 19.6 Å². The monoisotopic (exact) mass is 291 g/mol. The lowest BCUT2D eigenvalue weighted by molar-refractivity contribution is -0.00884. The molecule has 2 aromatic heterocycles. The van der Waals surface area contributed by atoms with Gasteiger partial charge in [-0.3, -0.25) is 4.68 Å². The SMILES string of the molecule is COCc1ccc(CN[C@H]2C[C@@H](O)[C@@H]2n2cc(C)cn2)o1. The molecule has 6 heteroatoms. The quantitative estimate of drug-likeness (QED) is 0.841. The number of hydrogen-bond donors (Lipinski definition) is 2. The molecule has 2 heterocycles. The van der Waals surface area contributed by atoms with E-state index in [2.05, 4.69) is 10.4 Å². The van der Waals surface area contributed by atoms with Crippen LogP contribution in [0.15, 0.2) is 28.9 Å². The topological polar surface area (TPSA) is 72.4 Å². The molecule has 2 aromatic rings. The average molecular weight is 291 g/mol. The summed E-state index contributed by atoms with van der Waals surface area (Å²) in [5.41, 5.74) is 1.10. The molecule has 0 radical (unpaired) electrons. The number of aromatic nitrogens is 2. The Bertz CT molecular complexity index is 593. The minimum atomic E-state index is -0.345. The largest absolute Gasteiger partial charge is 0.462 e. The summed E-state index contributed by atoms with van der Waals surface area (Å²) in [5.74, 6) is 1.70. The molecule has 1 saturated carbocycles. The second-order valence-electron chi connectivity index (χ2n) is 5.58. The van der Waals surface area contributed by atoms with E-state index in [1.54, 1.807) is 7.11 Å². The number of methoxy groups -OCH3 is 1. The number of hydrogen-bond acceptors (Lipinski definition) is 5. The predicted molar refractivity (Wildman–Crippen MR) is 76.7 cm³/mol. The van der Waals surface area contributed by atoms with E-state index in [-0.39, 0.29) is 18.2 Å². The van der Waals surface area contributed by atoms with Crippen LogP contribution in [-0.2, 0) is 17.9 Å². The van der Waals surface area contributed by atoms with Gasteiger partial charge in [0.15, 0.2) is 0 Å². The first-order valence-corrected chi connectivity index (χ1v) is 7.16. The lowest BCUT2D eigenvalue weighted by Crippen LogP contribution is -2.54. The number of furan rings is 1. The predicted octanol–water partition coefficient (Wildman–Crippen LogP) is 1.40. The molecule has 3 atom stereocenters. The summed E-state index contributed by atoms with van der Waals surface area (Å²) < 4.78 is 12.5. The van der Waals surface area contributed by atoms with Crippen molar-refractivity contribution in [2.75, 3.05) is 7.11 Å². The van der Waals surface area contributed by atoms with E-state index < -0.39 is 0 Å². The van der Waals surface area contributed by atoms with Crippen LogP contribution in [0.25, 0.3) is 0 Å². The standard InChI is InChI=1S/C15H21N3O3/c1-10-6-17-18(8-10)15-13(5-14(15)19)16-7-11-3-4-12(21-11)9-20-2/h3-4,6,8,13-16,19H,5,7,9H2,1-2H3/t13-,14+,15+/m0/s1. The smallest absolute Gasteiger partial charge is 0.129 e. The Hall–Kier alpha value is -1.63. The van der Waals surface area contributed by atoms with Crippen LogP contribution in [0.3, 0.4) is 0 Å². The molecule has 21 heavy (non-hydrogen) atoms. The third-order valence-electron chi connectivity index (χ3n) is 3.88. The van der Waals surface area contributed by atoms with Crippen molar-refractivity contribution in [3.05, 3.63) is 41.6 Å². The molecule has 0 spiro atoms. The minimum Gasteiger partial charge on any atom is -0.462 e. The lowest BCUT2D eigenvalue weighted by atomic mass is 9.83. The number of aliphatic hydroxyl groups is 1. The zero-order valence-electron chi connectivity index (χ0n) is 12.3. The highest BCUT2D eigenvalue weighted by atomic mass is 16.5. The van der Waals surface area contributed by atoms with E-state index in [1.165, 1.54) is 0 Å². The summed E-state index contributed by atoms with van der Waals surface area (Å²) in [5, 5.41) is 17.7. The molecule has 3 rings (SSSR count). The third-order valence-corrected chi connectivity index (χ3v) is 3.88. The number of nitrogens with zero attached hydrogens (tertiary/aromatic N) is 2. The molecule has 2 N–H and O–H groups in total. The summed E-state index contributed by atoms with van der Waals surface area (Å²) >= 11 is 0. The summed E-state index contributed by atoms with van der Waals surface area (Å²) in [6, 6.07) is 4.07. The minimum absolute atomic E-state index is 0.00731. The van der Waals surface area contributed by atoms with Gasteiger partial charge in [-0.05, 0) is 31.0 Å². The van der Waals surface area contributed by atoms with E-state index in [0.29, 0.717) is 13.2 Å². The first-order valence-electron chi connectivity index (χ1n) is 7.16. The van der Waals surface area contributed by atoms with Gasteiger partial charge in [0, 0.05) is 19.3 Å². The fraction of sp³-hybridized carbons (Fsp3) is 0.533. The Morgan fingerprint density at radius 1 is 1.48 bits per heavy atom. The number of rotatable bonds is 6. The maximum Gasteiger partial charge on any atom is 0.129 e. The van der Waals surface area contributed by atoms with Crippen LogP contribution >= 0.6 is 0 Å². The van der Waals surface area contributed by atoms with Crippen LogP contribution in [0.1, 0.15) is 29.5 Å². The highest BCUT2D eigenvalue weighted by Crippen LogP contribution is 2.32. The molecule has 1 fully saturated rings. The van der Waals surface area contributed by atoms with Crippen LogP contribution in [0.4, 0.5) is 0 Å². The maximum atomic E-state index is 9.97. The van der Waals surface area contributed by atoms with Gasteiger partial charge in [0.1, 0.15) is 18.1 Å². The second-order valence-corrected chi connectivity index (χ2v) is 5.58. The van der Waals surface area contributed by atoms with Gasteiger partial charge in [0.05, 0.1) is 24.9 Å². The van der Waals surface area contributed by atoms with Gasteiger partial charge >= 0.3 is 0 Å². The Labute approximate surface area is 123 Å². The fourth-order valence-corrected chi connectivity index (χ4v) is 2.74. The summed E-state index contributed by atoms with van der Waals surface area (Å²) in [6.45, 7) is 3.12. The average Bonchev–Trinajstić information content (AvgIpc) is 3.04. The van der Waals surface area contributed by atoms with Crippen LogP contribution in [0.5, 0.6) is 0 Å². The van der Waals surface area contributed by atoms with Crippen LogP contribution in [0.2, 0.25) is 0 Å². The van der Waals surface area contributed by atoms with Crippen molar-refractivity contribution in [2.45, 2.75) is 44.7 Å². The van der Waals surface area contributed by atoms with Crippen molar-refractivity contribution in [2.24, 2.45) is 0 Å². The lowest BCUT2D eigenvalue weighted by Gasteiger charge is -2.42. The Balaban J connectivity index is 1.57. The first-order chi connectivity index (χ1) is 10.2. The van der Waals surface area contributed by atoms with Crippen molar-refractivity contribution < 1.29 is 14.3 Å². The Morgan fingerprint density at radius 3 is 2.95 bits per heavy atom. The summed E-state index contributed by atoms with van der Waals surface area (Å²) in [4.78, 5) is 0. The zero-order chi connectivity index (χ0) is 14.8. The molecule has 6 nitrogen and oxygen atoms in total. The third kappa shape index (κ3) is 3.02. The molecule has 1 aliphatic carbocycles. The van der Waals surface area contributed by atoms with Gasteiger partial charge in [-0.1, -0.05) is 0 Å². The van der Waals surface area contributed by atoms with Gasteiger partial charge in [0.2, 0.25) is 0 Å². The molecule has 114 valence electrons. The van der Waals surface area contributed by atoms with E-state index in [9.17, 15) is 5.11 Å². The van der Waals surface area contributed by atoms with E-state index >= 15 is 0 Å². The van der Waals surface area contributed by atoms with Gasteiger partial charge in [-0.15, -0.1) is 0 Å². The maximum absolute atomic E-state index is 9.97. The molecule has 0 amide bonds. The number of aliphatic hydroxyl groups excluding tert-OH is 1.